The van der Waals surface area contributed by atoms with Gasteiger partial charge in [0.2, 0.25) is 5.82 Å². The molecule has 1 aromatic carbocycles. The molecule has 0 spiro atoms. The van der Waals surface area contributed by atoms with E-state index in [9.17, 15) is 4.79 Å². The van der Waals surface area contributed by atoms with Crippen LogP contribution in [0.4, 0.5) is 0 Å². The Morgan fingerprint density at radius 1 is 1.00 bits per heavy atom. The minimum Gasteiger partial charge on any atom is -0.372 e. The molecule has 41 heavy (non-hydrogen) atoms. The van der Waals surface area contributed by atoms with Crippen LogP contribution in [0.3, 0.4) is 0 Å². The predicted octanol–water partition coefficient (Wildman–Crippen LogP) is 2.43. The zero-order chi connectivity index (χ0) is 30.2. The van der Waals surface area contributed by atoms with Crippen LogP contribution in [-0.2, 0) is 4.79 Å². The number of nitrogens with one attached hydrogen (secondary N) is 3. The molecule has 2 unspecified atom stereocenters. The maximum absolute atomic E-state index is 10.2. The third-order valence-electron chi connectivity index (χ3n) is 6.00. The predicted molar refractivity (Wildman–Crippen MR) is 172 cm³/mol. The van der Waals surface area contributed by atoms with Gasteiger partial charge in [-0.3, -0.25) is 20.0 Å². The van der Waals surface area contributed by atoms with Gasteiger partial charge in [0.1, 0.15) is 0 Å². The van der Waals surface area contributed by atoms with Crippen LogP contribution >= 0.6 is 15.9 Å². The molecule has 0 fully saturated rings. The molecule has 5 heterocycles. The second-order valence-electron chi connectivity index (χ2n) is 9.64. The Morgan fingerprint density at radius 2 is 1.71 bits per heavy atom. The topological polar surface area (TPSA) is 131 Å². The lowest BCUT2D eigenvalue weighted by Gasteiger charge is -2.09. The number of rotatable bonds is 2. The largest absolute Gasteiger partial charge is 0.372 e. The van der Waals surface area contributed by atoms with Gasteiger partial charge in [0.15, 0.2) is 5.94 Å². The molecule has 3 N–H and O–H groups in total. The maximum atomic E-state index is 10.2. The lowest BCUT2D eigenvalue weighted by molar-refractivity contribution is 0.566. The van der Waals surface area contributed by atoms with Crippen LogP contribution in [0.2, 0.25) is 0 Å². The first-order valence-electron chi connectivity index (χ1n) is 13.9. The summed E-state index contributed by atoms with van der Waals surface area (Å²) in [6.45, 7) is 21.8. The van der Waals surface area contributed by atoms with Crippen LogP contribution < -0.4 is 26.7 Å². The first kappa shape index (κ1) is 33.6. The molecule has 5 aliphatic heterocycles. The van der Waals surface area contributed by atoms with E-state index in [2.05, 4.69) is 89.2 Å². The SMILES string of the molecule is C=CN1CCN=C1C.CC1=NCC(C)N1.CC1=NCCN1.CCC1=NCC(C)N1.O=C=C1N=c2ccc(Br)cc2=N1. The number of fused-ring (bicyclic) bond motifs is 1. The fourth-order valence-electron chi connectivity index (χ4n) is 3.85. The van der Waals surface area contributed by atoms with E-state index in [0.29, 0.717) is 17.4 Å². The van der Waals surface area contributed by atoms with Crippen LogP contribution in [-0.4, -0.2) is 85.5 Å². The second-order valence-corrected chi connectivity index (χ2v) is 10.6. The van der Waals surface area contributed by atoms with Gasteiger partial charge in [0.05, 0.1) is 60.2 Å². The monoisotopic (exact) mass is 626 g/mol. The molecule has 0 bridgehead atoms. The van der Waals surface area contributed by atoms with Gasteiger partial charge < -0.3 is 20.9 Å². The summed E-state index contributed by atoms with van der Waals surface area (Å²) in [4.78, 5) is 36.6. The average molecular weight is 628 g/mol. The van der Waals surface area contributed by atoms with Crippen molar-refractivity contribution in [2.75, 3.05) is 39.3 Å². The maximum Gasteiger partial charge on any atom is 0.240 e. The molecule has 1 aromatic rings. The molecular weight excluding hydrogens is 584 g/mol. The number of benzene rings is 1. The van der Waals surface area contributed by atoms with E-state index < -0.39 is 0 Å². The lowest BCUT2D eigenvalue weighted by Crippen LogP contribution is -2.26. The van der Waals surface area contributed by atoms with E-state index in [1.165, 1.54) is 0 Å². The van der Waals surface area contributed by atoms with E-state index in [1.54, 1.807) is 12.0 Å². The van der Waals surface area contributed by atoms with Crippen LogP contribution in [0, 0.1) is 0 Å². The van der Waals surface area contributed by atoms with Crippen molar-refractivity contribution in [3.05, 3.63) is 52.0 Å². The highest BCUT2D eigenvalue weighted by molar-refractivity contribution is 9.10. The highest BCUT2D eigenvalue weighted by Crippen LogP contribution is 2.04. The van der Waals surface area contributed by atoms with Crippen molar-refractivity contribution in [2.24, 2.45) is 30.0 Å². The first-order valence-corrected chi connectivity index (χ1v) is 14.6. The Kier molecular flexibility index (Phi) is 14.7. The lowest BCUT2D eigenvalue weighted by atomic mass is 10.3. The molecule has 0 radical (unpaired) electrons. The van der Waals surface area contributed by atoms with Crippen LogP contribution in [0.25, 0.3) is 0 Å². The number of carbonyl (C=O) groups excluding carboxylic acids is 1. The van der Waals surface area contributed by atoms with Crippen molar-refractivity contribution in [2.45, 2.75) is 60.0 Å². The Balaban J connectivity index is 0.000000183. The molecule has 5 aliphatic rings. The average Bonchev–Trinajstić information content (AvgIpc) is 3.79. The van der Waals surface area contributed by atoms with Crippen LogP contribution in [0.5, 0.6) is 0 Å². The molecule has 0 aliphatic carbocycles. The van der Waals surface area contributed by atoms with Crippen molar-refractivity contribution in [1.82, 2.24) is 20.9 Å². The summed E-state index contributed by atoms with van der Waals surface area (Å²) >= 11 is 3.30. The Morgan fingerprint density at radius 3 is 2.07 bits per heavy atom. The third kappa shape index (κ3) is 12.6. The van der Waals surface area contributed by atoms with Gasteiger partial charge in [-0.05, 0) is 59.0 Å². The molecule has 11 nitrogen and oxygen atoms in total. The number of hydrogen-bond donors (Lipinski definition) is 3. The smallest absolute Gasteiger partial charge is 0.240 e. The van der Waals surface area contributed by atoms with Gasteiger partial charge in [0, 0.05) is 36.1 Å². The molecule has 222 valence electrons. The van der Waals surface area contributed by atoms with Gasteiger partial charge >= 0.3 is 0 Å². The summed E-state index contributed by atoms with van der Waals surface area (Å²) in [7, 11) is 0. The molecule has 0 aromatic heterocycles. The minimum atomic E-state index is 0.114. The zero-order valence-corrected chi connectivity index (χ0v) is 26.6. The van der Waals surface area contributed by atoms with E-state index in [1.807, 2.05) is 44.0 Å². The number of nitrogens with zero attached hydrogens (tertiary/aromatic N) is 7. The third-order valence-corrected chi connectivity index (χ3v) is 6.50. The van der Waals surface area contributed by atoms with Crippen molar-refractivity contribution in [1.29, 1.82) is 0 Å². The number of halogens is 1. The minimum absolute atomic E-state index is 0.114. The summed E-state index contributed by atoms with van der Waals surface area (Å²) in [5, 5.41) is 10.9. The molecule has 0 saturated heterocycles. The zero-order valence-electron chi connectivity index (χ0n) is 25.0. The van der Waals surface area contributed by atoms with Gasteiger partial charge in [-0.2, -0.15) is 0 Å². The summed E-state index contributed by atoms with van der Waals surface area (Å²) < 4.78 is 0.923. The normalized spacial score (nSPS) is 20.7. The van der Waals surface area contributed by atoms with Gasteiger partial charge in [-0.1, -0.05) is 29.4 Å². The molecule has 12 heteroatoms. The van der Waals surface area contributed by atoms with E-state index >= 15 is 0 Å². The van der Waals surface area contributed by atoms with Crippen LogP contribution in [0.1, 0.15) is 48.0 Å². The van der Waals surface area contributed by atoms with Crippen molar-refractivity contribution < 1.29 is 4.79 Å². The summed E-state index contributed by atoms with van der Waals surface area (Å²) in [6.07, 6.45) is 2.86. The number of hydrogen-bond acceptors (Lipinski definition) is 11. The highest BCUT2D eigenvalue weighted by atomic mass is 79.9. The fourth-order valence-corrected chi connectivity index (χ4v) is 4.20. The van der Waals surface area contributed by atoms with Gasteiger partial charge in [0.25, 0.3) is 0 Å². The van der Waals surface area contributed by atoms with E-state index in [4.69, 9.17) is 0 Å². The molecule has 0 saturated carbocycles. The Labute approximate surface area is 251 Å². The first-order chi connectivity index (χ1) is 19.6. The van der Waals surface area contributed by atoms with Crippen molar-refractivity contribution in [3.8, 4) is 0 Å². The molecule has 6 rings (SSSR count). The van der Waals surface area contributed by atoms with E-state index in [-0.39, 0.29) is 5.82 Å². The van der Waals surface area contributed by atoms with Crippen LogP contribution in [0.15, 0.2) is 71.2 Å². The summed E-state index contributed by atoms with van der Waals surface area (Å²) in [6, 6.07) is 6.60. The molecule has 2 atom stereocenters. The van der Waals surface area contributed by atoms with Gasteiger partial charge in [-0.25, -0.2) is 14.8 Å². The van der Waals surface area contributed by atoms with Gasteiger partial charge in [-0.15, -0.1) is 0 Å². The number of amidine groups is 4. The fraction of sp³-hybridized carbons (Fsp3) is 0.517. The van der Waals surface area contributed by atoms with Crippen molar-refractivity contribution in [3.63, 3.8) is 0 Å². The quantitative estimate of drug-likeness (QED) is 0.434. The van der Waals surface area contributed by atoms with Crippen molar-refractivity contribution >= 4 is 45.2 Å². The highest BCUT2D eigenvalue weighted by Gasteiger charge is 2.09. The molecule has 0 amide bonds. The summed E-state index contributed by atoms with van der Waals surface area (Å²) in [5.41, 5.74) is 0. The molecular formula is C29H43BrN10O. The summed E-state index contributed by atoms with van der Waals surface area (Å²) in [5.74, 6) is 6.17. The number of aliphatic imine (C=N–C) groups is 4. The second kappa shape index (κ2) is 17.9. The standard InChI is InChI=1S/C8H3BrN2O.C6H10N2.C6H12N2.C5H10N2.C4H8N2/c9-5-1-2-6-7(3-5)11-8(4-12)10-6;1-3-8-5-4-7-6(8)2;1-3-6-7-4-5(2)8-6;1-4-3-6-5(2)7-4;1-4-5-2-3-6-4/h1-3H;3H,1,4-5H2,2H3;5H,3-4H2,1-2H3,(H,7,8);4H,3H2,1-2H3,(H,6,7);2-3H2,1H3,(H,5,6). The Hall–Kier alpha value is -3.63. The van der Waals surface area contributed by atoms with E-state index in [0.717, 1.165) is 78.9 Å². The Bertz CT molecular complexity index is 1330.